The average molecular weight is 303 g/mol. The van der Waals surface area contributed by atoms with E-state index in [1.807, 2.05) is 31.2 Å². The van der Waals surface area contributed by atoms with Crippen LogP contribution in [0.15, 0.2) is 42.5 Å². The van der Waals surface area contributed by atoms with Crippen LogP contribution in [0.5, 0.6) is 5.75 Å². The zero-order valence-electron chi connectivity index (χ0n) is 12.5. The second-order valence-corrected chi connectivity index (χ2v) is 4.93. The van der Waals surface area contributed by atoms with Crippen molar-refractivity contribution in [3.05, 3.63) is 65.0 Å². The van der Waals surface area contributed by atoms with E-state index in [0.29, 0.717) is 0 Å². The van der Waals surface area contributed by atoms with Crippen LogP contribution < -0.4 is 10.1 Å². The first kappa shape index (κ1) is 16.0. The van der Waals surface area contributed by atoms with Gasteiger partial charge in [0.1, 0.15) is 0 Å². The molecular weight excluding hydrogens is 285 g/mol. The number of halogens is 1. The summed E-state index contributed by atoms with van der Waals surface area (Å²) in [7, 11) is 1.34. The number of hydrogen-bond acceptors (Lipinski definition) is 3. The molecule has 1 atom stereocenters. The van der Waals surface area contributed by atoms with Crippen molar-refractivity contribution in [2.45, 2.75) is 13.0 Å². The molecule has 0 aromatic heterocycles. The number of amides is 1. The monoisotopic (exact) mass is 303 g/mol. The Kier molecular flexibility index (Phi) is 5.12. The van der Waals surface area contributed by atoms with Crippen molar-refractivity contribution in [2.75, 3.05) is 13.7 Å². The van der Waals surface area contributed by atoms with E-state index in [9.17, 15) is 14.3 Å². The number of methoxy groups -OCH3 is 1. The summed E-state index contributed by atoms with van der Waals surface area (Å²) in [5, 5.41) is 12.8. The molecule has 116 valence electrons. The minimum absolute atomic E-state index is 0.00658. The van der Waals surface area contributed by atoms with Crippen molar-refractivity contribution in [1.29, 1.82) is 0 Å². The summed E-state index contributed by atoms with van der Waals surface area (Å²) >= 11 is 0. The summed E-state index contributed by atoms with van der Waals surface area (Å²) in [6, 6.07) is 11.3. The smallest absolute Gasteiger partial charge is 0.251 e. The number of aliphatic hydroxyl groups excluding tert-OH is 1. The van der Waals surface area contributed by atoms with Gasteiger partial charge >= 0.3 is 0 Å². The molecule has 1 unspecified atom stereocenters. The summed E-state index contributed by atoms with van der Waals surface area (Å²) in [4.78, 5) is 12.0. The third-order valence-electron chi connectivity index (χ3n) is 3.42. The predicted octanol–water partition coefficient (Wildman–Crippen LogP) is 2.61. The molecule has 0 fully saturated rings. The van der Waals surface area contributed by atoms with Gasteiger partial charge in [0.05, 0.1) is 13.2 Å². The number of aryl methyl sites for hydroxylation is 1. The lowest BCUT2D eigenvalue weighted by molar-refractivity contribution is 0.0915. The SMILES string of the molecule is COc1cc(C(=O)NCC(O)c2ccccc2C)ccc1F. The van der Waals surface area contributed by atoms with Crippen molar-refractivity contribution in [3.63, 3.8) is 0 Å². The third kappa shape index (κ3) is 3.62. The zero-order valence-corrected chi connectivity index (χ0v) is 12.5. The summed E-state index contributed by atoms with van der Waals surface area (Å²) in [5.41, 5.74) is 1.99. The Bertz CT molecular complexity index is 673. The summed E-state index contributed by atoms with van der Waals surface area (Å²) in [5.74, 6) is -0.919. The highest BCUT2D eigenvalue weighted by molar-refractivity contribution is 5.94. The number of rotatable bonds is 5. The molecule has 0 saturated carbocycles. The Balaban J connectivity index is 2.02. The quantitative estimate of drug-likeness (QED) is 0.892. The fourth-order valence-electron chi connectivity index (χ4n) is 2.16. The van der Waals surface area contributed by atoms with Crippen LogP contribution in [-0.2, 0) is 0 Å². The fraction of sp³-hybridized carbons (Fsp3) is 0.235. The molecule has 0 aliphatic carbocycles. The van der Waals surface area contributed by atoms with Crippen molar-refractivity contribution in [1.82, 2.24) is 5.32 Å². The Hall–Kier alpha value is -2.40. The molecule has 0 bridgehead atoms. The van der Waals surface area contributed by atoms with Gasteiger partial charge in [0.2, 0.25) is 0 Å². The van der Waals surface area contributed by atoms with Gasteiger partial charge in [-0.25, -0.2) is 4.39 Å². The first-order valence-electron chi connectivity index (χ1n) is 6.88. The maximum atomic E-state index is 13.3. The van der Waals surface area contributed by atoms with Crippen LogP contribution >= 0.6 is 0 Å². The molecule has 2 aromatic rings. The van der Waals surface area contributed by atoms with E-state index in [2.05, 4.69) is 5.32 Å². The molecule has 1 amide bonds. The lowest BCUT2D eigenvalue weighted by Gasteiger charge is -2.14. The number of benzene rings is 2. The first-order valence-corrected chi connectivity index (χ1v) is 6.88. The third-order valence-corrected chi connectivity index (χ3v) is 3.42. The molecule has 2 aromatic carbocycles. The first-order chi connectivity index (χ1) is 10.5. The van der Waals surface area contributed by atoms with Crippen molar-refractivity contribution >= 4 is 5.91 Å². The topological polar surface area (TPSA) is 58.6 Å². The molecular formula is C17H18FNO3. The second-order valence-electron chi connectivity index (χ2n) is 4.93. The molecule has 0 aliphatic heterocycles. The van der Waals surface area contributed by atoms with E-state index in [0.717, 1.165) is 11.1 Å². The van der Waals surface area contributed by atoms with Gasteiger partial charge < -0.3 is 15.2 Å². The number of aliphatic hydroxyl groups is 1. The largest absolute Gasteiger partial charge is 0.494 e. The van der Waals surface area contributed by atoms with Crippen LogP contribution in [0.2, 0.25) is 0 Å². The molecule has 0 spiro atoms. The van der Waals surface area contributed by atoms with Gasteiger partial charge in [-0.15, -0.1) is 0 Å². The molecule has 4 nitrogen and oxygen atoms in total. The lowest BCUT2D eigenvalue weighted by Crippen LogP contribution is -2.28. The molecule has 2 N–H and O–H groups in total. The molecule has 0 heterocycles. The van der Waals surface area contributed by atoms with Crippen LogP contribution in [-0.4, -0.2) is 24.7 Å². The van der Waals surface area contributed by atoms with Gasteiger partial charge in [0.15, 0.2) is 11.6 Å². The minimum atomic E-state index is -0.799. The number of nitrogens with one attached hydrogen (secondary N) is 1. The van der Waals surface area contributed by atoms with Crippen LogP contribution in [0, 0.1) is 12.7 Å². The Morgan fingerprint density at radius 1 is 1.32 bits per heavy atom. The highest BCUT2D eigenvalue weighted by Crippen LogP contribution is 2.19. The highest BCUT2D eigenvalue weighted by atomic mass is 19.1. The second kappa shape index (κ2) is 7.04. The Morgan fingerprint density at radius 2 is 2.05 bits per heavy atom. The molecule has 0 aliphatic rings. The van der Waals surface area contributed by atoms with Gasteiger partial charge in [-0.05, 0) is 36.2 Å². The normalized spacial score (nSPS) is 11.8. The fourth-order valence-corrected chi connectivity index (χ4v) is 2.16. The number of hydrogen-bond donors (Lipinski definition) is 2. The Labute approximate surface area is 128 Å². The van der Waals surface area contributed by atoms with Crippen LogP contribution in [0.25, 0.3) is 0 Å². The summed E-state index contributed by atoms with van der Waals surface area (Å²) < 4.78 is 18.2. The van der Waals surface area contributed by atoms with E-state index in [1.165, 1.54) is 25.3 Å². The average Bonchev–Trinajstić information content (AvgIpc) is 2.53. The van der Waals surface area contributed by atoms with Crippen molar-refractivity contribution < 1.29 is 19.0 Å². The standard InChI is InChI=1S/C17H18FNO3/c1-11-5-3-4-6-13(11)15(20)10-19-17(21)12-7-8-14(18)16(9-12)22-2/h3-9,15,20H,10H2,1-2H3,(H,19,21). The van der Waals surface area contributed by atoms with Crippen molar-refractivity contribution in [3.8, 4) is 5.75 Å². The molecule has 22 heavy (non-hydrogen) atoms. The molecule has 0 saturated heterocycles. The molecule has 0 radical (unpaired) electrons. The van der Waals surface area contributed by atoms with Gasteiger partial charge in [0, 0.05) is 12.1 Å². The summed E-state index contributed by atoms with van der Waals surface area (Å²) in [6.45, 7) is 1.97. The van der Waals surface area contributed by atoms with Crippen molar-refractivity contribution in [2.24, 2.45) is 0 Å². The van der Waals surface area contributed by atoms with E-state index in [4.69, 9.17) is 4.74 Å². The van der Waals surface area contributed by atoms with Gasteiger partial charge in [-0.3, -0.25) is 4.79 Å². The molecule has 5 heteroatoms. The summed E-state index contributed by atoms with van der Waals surface area (Å²) in [6.07, 6.45) is -0.799. The van der Waals surface area contributed by atoms with Crippen LogP contribution in [0.1, 0.15) is 27.6 Å². The molecule has 2 rings (SSSR count). The van der Waals surface area contributed by atoms with Crippen LogP contribution in [0.4, 0.5) is 4.39 Å². The van der Waals surface area contributed by atoms with E-state index in [-0.39, 0.29) is 17.9 Å². The maximum Gasteiger partial charge on any atom is 0.251 e. The predicted molar refractivity (Wildman–Crippen MR) is 81.4 cm³/mol. The minimum Gasteiger partial charge on any atom is -0.494 e. The number of carbonyl (C=O) groups is 1. The lowest BCUT2D eigenvalue weighted by atomic mass is 10.0. The zero-order chi connectivity index (χ0) is 16.1. The number of carbonyl (C=O) groups excluding carboxylic acids is 1. The van der Waals surface area contributed by atoms with E-state index >= 15 is 0 Å². The van der Waals surface area contributed by atoms with Crippen LogP contribution in [0.3, 0.4) is 0 Å². The highest BCUT2D eigenvalue weighted by Gasteiger charge is 2.14. The van der Waals surface area contributed by atoms with E-state index in [1.54, 1.807) is 0 Å². The van der Waals surface area contributed by atoms with Gasteiger partial charge in [0.25, 0.3) is 5.91 Å². The van der Waals surface area contributed by atoms with E-state index < -0.39 is 17.8 Å². The maximum absolute atomic E-state index is 13.3. The van der Waals surface area contributed by atoms with Gasteiger partial charge in [-0.1, -0.05) is 24.3 Å². The van der Waals surface area contributed by atoms with Gasteiger partial charge in [-0.2, -0.15) is 0 Å². The number of ether oxygens (including phenoxy) is 1. The Morgan fingerprint density at radius 3 is 2.73 bits per heavy atom.